The Morgan fingerprint density at radius 3 is 2.42 bits per heavy atom. The van der Waals surface area contributed by atoms with Crippen LogP contribution in [-0.4, -0.2) is 37.6 Å². The van der Waals surface area contributed by atoms with Gasteiger partial charge >= 0.3 is 0 Å². The first kappa shape index (κ1) is 16.8. The topological polar surface area (TPSA) is 79.5 Å². The molecule has 1 aromatic rings. The van der Waals surface area contributed by atoms with Gasteiger partial charge in [0, 0.05) is 31.2 Å². The fourth-order valence-electron chi connectivity index (χ4n) is 3.67. The van der Waals surface area contributed by atoms with Gasteiger partial charge in [0.25, 0.3) is 5.91 Å². The van der Waals surface area contributed by atoms with E-state index < -0.39 is 0 Å². The van der Waals surface area contributed by atoms with Crippen LogP contribution in [0.15, 0.2) is 24.3 Å². The second-order valence-electron chi connectivity index (χ2n) is 6.71. The largest absolute Gasteiger partial charge is 0.484 e. The molecule has 0 radical (unpaired) electrons. The Labute approximate surface area is 142 Å². The highest BCUT2D eigenvalue weighted by Crippen LogP contribution is 2.32. The van der Waals surface area contributed by atoms with Gasteiger partial charge in [-0.3, -0.25) is 9.59 Å². The molecule has 1 aromatic carbocycles. The maximum Gasteiger partial charge on any atom is 0.257 e. The summed E-state index contributed by atoms with van der Waals surface area (Å²) in [5, 5.41) is 9.04. The summed E-state index contributed by atoms with van der Waals surface area (Å²) in [6.07, 6.45) is 5.30. The predicted octanol–water partition coefficient (Wildman–Crippen LogP) is 1.67. The van der Waals surface area contributed by atoms with Crippen molar-refractivity contribution in [3.05, 3.63) is 24.3 Å². The van der Waals surface area contributed by atoms with E-state index in [0.29, 0.717) is 30.2 Å². The summed E-state index contributed by atoms with van der Waals surface area (Å²) >= 11 is 0. The minimum atomic E-state index is -0.177. The molecule has 0 aromatic heterocycles. The summed E-state index contributed by atoms with van der Waals surface area (Å²) < 4.78 is 5.34. The van der Waals surface area contributed by atoms with Gasteiger partial charge in [0.2, 0.25) is 5.91 Å². The van der Waals surface area contributed by atoms with Gasteiger partial charge in [-0.1, -0.05) is 0 Å². The first-order valence-electron chi connectivity index (χ1n) is 8.61. The molecule has 2 aliphatic rings. The van der Waals surface area contributed by atoms with Crippen molar-refractivity contribution in [2.75, 3.05) is 19.0 Å². The molecule has 0 saturated carbocycles. The zero-order valence-electron chi connectivity index (χ0n) is 14.0. The van der Waals surface area contributed by atoms with E-state index >= 15 is 0 Å². The number of amides is 2. The lowest BCUT2D eigenvalue weighted by Gasteiger charge is -2.28. The average molecular weight is 331 g/mol. The highest BCUT2D eigenvalue weighted by Gasteiger charge is 2.34. The number of piperidine rings is 1. The fraction of sp³-hybridized carbons (Fsp3) is 0.556. The van der Waals surface area contributed by atoms with E-state index in [1.54, 1.807) is 31.3 Å². The molecule has 0 spiro atoms. The van der Waals surface area contributed by atoms with Gasteiger partial charge < -0.3 is 20.7 Å². The highest BCUT2D eigenvalue weighted by molar-refractivity contribution is 5.90. The number of carbonyl (C=O) groups is 2. The third-order valence-electron chi connectivity index (χ3n) is 4.83. The van der Waals surface area contributed by atoms with Crippen molar-refractivity contribution >= 4 is 17.5 Å². The van der Waals surface area contributed by atoms with E-state index in [1.165, 1.54) is 12.8 Å². The Kier molecular flexibility index (Phi) is 5.35. The van der Waals surface area contributed by atoms with Gasteiger partial charge in [0.15, 0.2) is 6.61 Å². The second-order valence-corrected chi connectivity index (χ2v) is 6.71. The Balaban J connectivity index is 1.45. The van der Waals surface area contributed by atoms with Crippen LogP contribution in [0.25, 0.3) is 0 Å². The molecule has 130 valence electrons. The summed E-state index contributed by atoms with van der Waals surface area (Å²) in [4.78, 5) is 23.4. The number of hydrogen-bond acceptors (Lipinski definition) is 4. The van der Waals surface area contributed by atoms with Gasteiger partial charge in [-0.2, -0.15) is 0 Å². The molecule has 24 heavy (non-hydrogen) atoms. The summed E-state index contributed by atoms with van der Waals surface area (Å²) in [7, 11) is 1.57. The normalized spacial score (nSPS) is 25.1. The van der Waals surface area contributed by atoms with Crippen LogP contribution in [-0.2, 0) is 9.59 Å². The number of likely N-dealkylation sites (N-methyl/N-ethyl adjacent to an activating group) is 1. The lowest BCUT2D eigenvalue weighted by Crippen LogP contribution is -2.39. The standard InChI is InChI=1S/C18H25N3O3/c1-19-18(23)11-24-16-6-4-13(5-7-16)21-17(22)10-12-8-14-2-3-15(9-12)20-14/h4-7,12,14-15,20H,2-3,8-11H2,1H3,(H,19,23)(H,21,22). The monoisotopic (exact) mass is 331 g/mol. The summed E-state index contributed by atoms with van der Waals surface area (Å²) in [6.45, 7) is -0.0136. The molecule has 3 N–H and O–H groups in total. The second kappa shape index (κ2) is 7.66. The molecule has 6 nitrogen and oxygen atoms in total. The molecule has 0 aliphatic carbocycles. The Hall–Kier alpha value is -2.08. The number of nitrogens with one attached hydrogen (secondary N) is 3. The smallest absolute Gasteiger partial charge is 0.257 e. The van der Waals surface area contributed by atoms with Gasteiger partial charge in [-0.15, -0.1) is 0 Å². The molecule has 2 unspecified atom stereocenters. The van der Waals surface area contributed by atoms with Crippen LogP contribution in [0.4, 0.5) is 5.69 Å². The molecule has 2 atom stereocenters. The zero-order valence-corrected chi connectivity index (χ0v) is 14.0. The summed E-state index contributed by atoms with van der Waals surface area (Å²) in [6, 6.07) is 8.32. The van der Waals surface area contributed by atoms with Crippen molar-refractivity contribution in [3.8, 4) is 5.75 Å². The number of ether oxygens (including phenoxy) is 1. The molecular weight excluding hydrogens is 306 g/mol. The third-order valence-corrected chi connectivity index (χ3v) is 4.83. The maximum atomic E-state index is 12.2. The van der Waals surface area contributed by atoms with Crippen LogP contribution < -0.4 is 20.7 Å². The van der Waals surface area contributed by atoms with E-state index in [-0.39, 0.29) is 18.4 Å². The Morgan fingerprint density at radius 2 is 1.79 bits per heavy atom. The molecular formula is C18H25N3O3. The maximum absolute atomic E-state index is 12.2. The number of carbonyl (C=O) groups excluding carboxylic acids is 2. The Morgan fingerprint density at radius 1 is 1.12 bits per heavy atom. The molecule has 2 saturated heterocycles. The van der Waals surface area contributed by atoms with Gasteiger partial charge in [-0.05, 0) is 55.9 Å². The molecule has 2 aliphatic heterocycles. The zero-order chi connectivity index (χ0) is 16.9. The number of hydrogen-bond donors (Lipinski definition) is 3. The average Bonchev–Trinajstić information content (AvgIpc) is 2.92. The molecule has 2 amide bonds. The number of anilines is 1. The van der Waals surface area contributed by atoms with E-state index in [9.17, 15) is 9.59 Å². The minimum absolute atomic E-state index is 0.0136. The summed E-state index contributed by atoms with van der Waals surface area (Å²) in [5.41, 5.74) is 0.754. The SMILES string of the molecule is CNC(=O)COc1ccc(NC(=O)CC2CC3CCC(C2)N3)cc1. The van der Waals surface area contributed by atoms with Crippen LogP contribution in [0.3, 0.4) is 0 Å². The van der Waals surface area contributed by atoms with Crippen LogP contribution in [0.5, 0.6) is 5.75 Å². The van der Waals surface area contributed by atoms with Crippen molar-refractivity contribution in [2.24, 2.45) is 5.92 Å². The lowest BCUT2D eigenvalue weighted by atomic mass is 9.89. The van der Waals surface area contributed by atoms with Crippen LogP contribution >= 0.6 is 0 Å². The molecule has 6 heteroatoms. The first-order chi connectivity index (χ1) is 11.6. The minimum Gasteiger partial charge on any atom is -0.484 e. The number of rotatable bonds is 6. The van der Waals surface area contributed by atoms with E-state index in [2.05, 4.69) is 16.0 Å². The quantitative estimate of drug-likeness (QED) is 0.741. The van der Waals surface area contributed by atoms with Crippen LogP contribution in [0.2, 0.25) is 0 Å². The first-order valence-corrected chi connectivity index (χ1v) is 8.61. The summed E-state index contributed by atoms with van der Waals surface area (Å²) in [5.74, 6) is 0.981. The third kappa shape index (κ3) is 4.47. The molecule has 2 bridgehead atoms. The van der Waals surface area contributed by atoms with Crippen molar-refractivity contribution in [2.45, 2.75) is 44.2 Å². The van der Waals surface area contributed by atoms with Crippen molar-refractivity contribution in [1.82, 2.24) is 10.6 Å². The van der Waals surface area contributed by atoms with Gasteiger partial charge in [-0.25, -0.2) is 0 Å². The highest BCUT2D eigenvalue weighted by atomic mass is 16.5. The number of fused-ring (bicyclic) bond motifs is 2. The predicted molar refractivity (Wildman–Crippen MR) is 91.9 cm³/mol. The number of benzene rings is 1. The van der Waals surface area contributed by atoms with E-state index in [1.807, 2.05) is 0 Å². The van der Waals surface area contributed by atoms with Crippen LogP contribution in [0.1, 0.15) is 32.1 Å². The molecule has 3 rings (SSSR count). The van der Waals surface area contributed by atoms with Crippen molar-refractivity contribution in [1.29, 1.82) is 0 Å². The lowest BCUT2D eigenvalue weighted by molar-refractivity contribution is -0.122. The van der Waals surface area contributed by atoms with Gasteiger partial charge in [0.05, 0.1) is 0 Å². The van der Waals surface area contributed by atoms with E-state index in [0.717, 1.165) is 18.5 Å². The van der Waals surface area contributed by atoms with E-state index in [4.69, 9.17) is 4.74 Å². The van der Waals surface area contributed by atoms with Crippen LogP contribution in [0, 0.1) is 5.92 Å². The van der Waals surface area contributed by atoms with Gasteiger partial charge in [0.1, 0.15) is 5.75 Å². The molecule has 2 heterocycles. The van der Waals surface area contributed by atoms with Crippen molar-refractivity contribution in [3.63, 3.8) is 0 Å². The fourth-order valence-corrected chi connectivity index (χ4v) is 3.67. The Bertz CT molecular complexity index is 576. The molecule has 2 fully saturated rings. The van der Waals surface area contributed by atoms with Crippen molar-refractivity contribution < 1.29 is 14.3 Å².